The van der Waals surface area contributed by atoms with Crippen LogP contribution in [0, 0.1) is 5.82 Å². The van der Waals surface area contributed by atoms with Gasteiger partial charge in [-0.3, -0.25) is 0 Å². The molecule has 36 heavy (non-hydrogen) atoms. The molecule has 4 aromatic rings. The van der Waals surface area contributed by atoms with Crippen molar-refractivity contribution in [2.45, 2.75) is 39.0 Å². The van der Waals surface area contributed by atoms with Crippen LogP contribution in [0.1, 0.15) is 64.4 Å². The van der Waals surface area contributed by atoms with E-state index in [1.807, 2.05) is 36.4 Å². The Bertz CT molecular complexity index is 1310. The van der Waals surface area contributed by atoms with Gasteiger partial charge >= 0.3 is 5.97 Å². The molecule has 4 rings (SSSR count). The zero-order valence-corrected chi connectivity index (χ0v) is 20.8. The Morgan fingerprint density at radius 2 is 1.56 bits per heavy atom. The number of halogens is 1. The third-order valence-electron chi connectivity index (χ3n) is 6.25. The van der Waals surface area contributed by atoms with Gasteiger partial charge < -0.3 is 4.74 Å². The number of aryl methyl sites for hydroxylation is 1. The second-order valence-corrected chi connectivity index (χ2v) is 9.11. The van der Waals surface area contributed by atoms with Gasteiger partial charge in [0.15, 0.2) is 0 Å². The summed E-state index contributed by atoms with van der Waals surface area (Å²) in [4.78, 5) is 12.5. The molecule has 0 radical (unpaired) electrons. The lowest BCUT2D eigenvalue weighted by atomic mass is 9.93. The number of hydrogen-bond acceptors (Lipinski definition) is 2. The standard InChI is InChI=1S/C33H31FO2/c1-3-7-25-15-20-31(21-16-25)36-33(35)30-19-18-29(32(34)23-30)17-14-26-10-12-27(13-11-26)22-24(2)28-8-5-4-6-9-28/h4-6,8-21,23-24H,3,7,22H2,1-2H3/t24-/m1/s1. The number of benzene rings is 4. The largest absolute Gasteiger partial charge is 0.423 e. The van der Waals surface area contributed by atoms with E-state index >= 15 is 0 Å². The maximum atomic E-state index is 14.7. The Hall–Kier alpha value is -3.98. The van der Waals surface area contributed by atoms with Crippen molar-refractivity contribution in [3.05, 3.63) is 136 Å². The predicted molar refractivity (Wildman–Crippen MR) is 146 cm³/mol. The molecule has 0 saturated heterocycles. The van der Waals surface area contributed by atoms with Gasteiger partial charge in [-0.1, -0.05) is 105 Å². The molecule has 2 nitrogen and oxygen atoms in total. The van der Waals surface area contributed by atoms with Crippen LogP contribution in [0.25, 0.3) is 12.2 Å². The maximum absolute atomic E-state index is 14.7. The van der Waals surface area contributed by atoms with Crippen molar-refractivity contribution in [1.82, 2.24) is 0 Å². The van der Waals surface area contributed by atoms with Gasteiger partial charge in [-0.2, -0.15) is 0 Å². The van der Waals surface area contributed by atoms with E-state index in [9.17, 15) is 9.18 Å². The van der Waals surface area contributed by atoms with E-state index < -0.39 is 11.8 Å². The highest BCUT2D eigenvalue weighted by Gasteiger charge is 2.12. The van der Waals surface area contributed by atoms with Crippen LogP contribution in [-0.2, 0) is 12.8 Å². The van der Waals surface area contributed by atoms with Gasteiger partial charge in [-0.05, 0) is 65.3 Å². The molecule has 0 spiro atoms. The van der Waals surface area contributed by atoms with E-state index in [4.69, 9.17) is 4.74 Å². The monoisotopic (exact) mass is 478 g/mol. The summed E-state index contributed by atoms with van der Waals surface area (Å²) in [7, 11) is 0. The van der Waals surface area contributed by atoms with Crippen LogP contribution in [0.3, 0.4) is 0 Å². The molecule has 0 N–H and O–H groups in total. The summed E-state index contributed by atoms with van der Waals surface area (Å²) in [5, 5.41) is 0. The first-order chi connectivity index (χ1) is 17.5. The summed E-state index contributed by atoms with van der Waals surface area (Å²) in [6, 6.07) is 30.6. The highest BCUT2D eigenvalue weighted by molar-refractivity contribution is 5.91. The zero-order chi connectivity index (χ0) is 25.3. The lowest BCUT2D eigenvalue weighted by molar-refractivity contribution is 0.0734. The Balaban J connectivity index is 1.36. The van der Waals surface area contributed by atoms with Crippen molar-refractivity contribution in [3.63, 3.8) is 0 Å². The summed E-state index contributed by atoms with van der Waals surface area (Å²) in [5.74, 6) is -0.154. The molecule has 0 aliphatic carbocycles. The molecule has 3 heteroatoms. The summed E-state index contributed by atoms with van der Waals surface area (Å²) in [6.07, 6.45) is 6.59. The van der Waals surface area contributed by atoms with Gasteiger partial charge in [0.1, 0.15) is 11.6 Å². The fourth-order valence-electron chi connectivity index (χ4n) is 4.17. The predicted octanol–water partition coefficient (Wildman–Crippen LogP) is 8.51. The molecule has 1 atom stereocenters. The number of carbonyl (C=O) groups is 1. The highest BCUT2D eigenvalue weighted by atomic mass is 19.1. The minimum absolute atomic E-state index is 0.180. The Labute approximate surface area is 213 Å². The fraction of sp³-hybridized carbons (Fsp3) is 0.182. The quantitative estimate of drug-likeness (QED) is 0.137. The highest BCUT2D eigenvalue weighted by Crippen LogP contribution is 2.22. The van der Waals surface area contributed by atoms with Gasteiger partial charge in [0.2, 0.25) is 0 Å². The maximum Gasteiger partial charge on any atom is 0.343 e. The number of ether oxygens (including phenoxy) is 1. The molecular formula is C33H31FO2. The van der Waals surface area contributed by atoms with E-state index in [-0.39, 0.29) is 5.56 Å². The topological polar surface area (TPSA) is 26.3 Å². The average molecular weight is 479 g/mol. The Morgan fingerprint density at radius 1 is 0.861 bits per heavy atom. The molecule has 0 fully saturated rings. The molecule has 0 aliphatic heterocycles. The van der Waals surface area contributed by atoms with Crippen molar-refractivity contribution < 1.29 is 13.9 Å². The second-order valence-electron chi connectivity index (χ2n) is 9.11. The van der Waals surface area contributed by atoms with Crippen LogP contribution in [0.5, 0.6) is 5.75 Å². The molecular weight excluding hydrogens is 447 g/mol. The van der Waals surface area contributed by atoms with E-state index in [1.165, 1.54) is 22.8 Å². The first-order valence-electron chi connectivity index (χ1n) is 12.4. The van der Waals surface area contributed by atoms with Crippen LogP contribution < -0.4 is 4.74 Å². The van der Waals surface area contributed by atoms with E-state index in [1.54, 1.807) is 30.3 Å². The molecule has 0 heterocycles. The zero-order valence-electron chi connectivity index (χ0n) is 20.8. The number of carbonyl (C=O) groups excluding carboxylic acids is 1. The summed E-state index contributed by atoms with van der Waals surface area (Å²) in [5.41, 5.74) is 5.36. The molecule has 182 valence electrons. The van der Waals surface area contributed by atoms with Crippen molar-refractivity contribution in [3.8, 4) is 5.75 Å². The van der Waals surface area contributed by atoms with Gasteiger partial charge in [-0.15, -0.1) is 0 Å². The van der Waals surface area contributed by atoms with Crippen molar-refractivity contribution in [2.24, 2.45) is 0 Å². The van der Waals surface area contributed by atoms with Crippen molar-refractivity contribution in [2.75, 3.05) is 0 Å². The molecule has 0 saturated carbocycles. The normalized spacial score (nSPS) is 12.0. The minimum atomic E-state index is -0.576. The van der Waals surface area contributed by atoms with Gasteiger partial charge in [0.25, 0.3) is 0 Å². The summed E-state index contributed by atoms with van der Waals surface area (Å²) in [6.45, 7) is 4.35. The number of hydrogen-bond donors (Lipinski definition) is 0. The lowest BCUT2D eigenvalue weighted by Gasteiger charge is -2.12. The summed E-state index contributed by atoms with van der Waals surface area (Å²) < 4.78 is 20.1. The number of rotatable bonds is 9. The van der Waals surface area contributed by atoms with Crippen molar-refractivity contribution in [1.29, 1.82) is 0 Å². The third-order valence-corrected chi connectivity index (χ3v) is 6.25. The fourth-order valence-corrected chi connectivity index (χ4v) is 4.17. The molecule has 0 amide bonds. The van der Waals surface area contributed by atoms with Crippen LogP contribution >= 0.6 is 0 Å². The van der Waals surface area contributed by atoms with E-state index in [2.05, 4.69) is 50.2 Å². The van der Waals surface area contributed by atoms with Crippen molar-refractivity contribution >= 4 is 18.1 Å². The molecule has 4 aromatic carbocycles. The van der Waals surface area contributed by atoms with E-state index in [0.29, 0.717) is 17.2 Å². The smallest absolute Gasteiger partial charge is 0.343 e. The molecule has 0 aromatic heterocycles. The van der Waals surface area contributed by atoms with E-state index in [0.717, 1.165) is 24.8 Å². The molecule has 0 bridgehead atoms. The van der Waals surface area contributed by atoms with Crippen LogP contribution in [-0.4, -0.2) is 5.97 Å². The number of esters is 1. The first-order valence-corrected chi connectivity index (χ1v) is 12.4. The first kappa shape index (κ1) is 25.1. The van der Waals surface area contributed by atoms with Gasteiger partial charge in [0, 0.05) is 5.56 Å². The lowest BCUT2D eigenvalue weighted by Crippen LogP contribution is -2.09. The van der Waals surface area contributed by atoms with Crippen LogP contribution in [0.4, 0.5) is 4.39 Å². The Morgan fingerprint density at radius 3 is 2.22 bits per heavy atom. The average Bonchev–Trinajstić information content (AvgIpc) is 2.90. The van der Waals surface area contributed by atoms with Crippen LogP contribution in [0.15, 0.2) is 97.1 Å². The third kappa shape index (κ3) is 6.79. The minimum Gasteiger partial charge on any atom is -0.423 e. The van der Waals surface area contributed by atoms with Gasteiger partial charge in [0.05, 0.1) is 5.56 Å². The molecule has 0 unspecified atom stereocenters. The molecule has 0 aliphatic rings. The van der Waals surface area contributed by atoms with Gasteiger partial charge in [-0.25, -0.2) is 9.18 Å². The Kier molecular flexibility index (Phi) is 8.46. The second kappa shape index (κ2) is 12.1. The summed E-state index contributed by atoms with van der Waals surface area (Å²) >= 11 is 0. The SMILES string of the molecule is CCCc1ccc(OC(=O)c2ccc(C=Cc3ccc(C[C@@H](C)c4ccccc4)cc3)c(F)c2)cc1. The van der Waals surface area contributed by atoms with Crippen LogP contribution in [0.2, 0.25) is 0 Å².